The number of anilines is 1. The minimum Gasteiger partial charge on any atom is -0.379 e. The summed E-state index contributed by atoms with van der Waals surface area (Å²) >= 11 is 0. The molecule has 0 saturated carbocycles. The Labute approximate surface area is 88.8 Å². The lowest BCUT2D eigenvalue weighted by Gasteiger charge is -2.11. The summed E-state index contributed by atoms with van der Waals surface area (Å²) in [5.74, 6) is 0. The second-order valence-corrected chi connectivity index (χ2v) is 3.43. The predicted molar refractivity (Wildman–Crippen MR) is 61.1 cm³/mol. The molecule has 0 aliphatic carbocycles. The zero-order valence-electron chi connectivity index (χ0n) is 8.86. The summed E-state index contributed by atoms with van der Waals surface area (Å²) in [6.45, 7) is 7.34. The number of benzene rings is 1. The molecule has 0 fully saturated rings. The quantitative estimate of drug-likeness (QED) is 0.468. The van der Waals surface area contributed by atoms with Gasteiger partial charge >= 0.3 is 0 Å². The van der Waals surface area contributed by atoms with Crippen molar-refractivity contribution in [2.75, 3.05) is 5.32 Å². The molecular formula is C11H14N2O2. The van der Waals surface area contributed by atoms with Gasteiger partial charge in [-0.15, -0.1) is 6.58 Å². The highest BCUT2D eigenvalue weighted by Crippen LogP contribution is 2.21. The second-order valence-electron chi connectivity index (χ2n) is 3.43. The Balaban J connectivity index is 2.91. The Morgan fingerprint density at radius 2 is 2.27 bits per heavy atom. The smallest absolute Gasteiger partial charge is 0.272 e. The van der Waals surface area contributed by atoms with Gasteiger partial charge in [0.05, 0.1) is 4.92 Å². The Kier molecular flexibility index (Phi) is 3.44. The highest BCUT2D eigenvalue weighted by Gasteiger charge is 2.10. The molecule has 4 heteroatoms. The number of aryl methyl sites for hydroxylation is 1. The van der Waals surface area contributed by atoms with Crippen LogP contribution in [0.4, 0.5) is 11.4 Å². The van der Waals surface area contributed by atoms with E-state index in [1.165, 1.54) is 6.07 Å². The van der Waals surface area contributed by atoms with Crippen molar-refractivity contribution in [2.24, 2.45) is 0 Å². The summed E-state index contributed by atoms with van der Waals surface area (Å²) in [4.78, 5) is 10.2. The second kappa shape index (κ2) is 4.59. The first kappa shape index (κ1) is 11.2. The zero-order valence-corrected chi connectivity index (χ0v) is 8.86. The largest absolute Gasteiger partial charge is 0.379 e. The summed E-state index contributed by atoms with van der Waals surface area (Å²) in [5, 5.41) is 13.7. The fourth-order valence-electron chi connectivity index (χ4n) is 1.27. The first-order valence-corrected chi connectivity index (χ1v) is 4.68. The van der Waals surface area contributed by atoms with Crippen LogP contribution in [0.25, 0.3) is 0 Å². The molecule has 0 amide bonds. The van der Waals surface area contributed by atoms with E-state index in [1.54, 1.807) is 25.1 Å². The van der Waals surface area contributed by atoms with E-state index in [1.807, 2.05) is 6.92 Å². The van der Waals surface area contributed by atoms with E-state index in [0.29, 0.717) is 5.56 Å². The number of rotatable bonds is 4. The standard InChI is InChI=1S/C11H14N2O2/c1-4-9(3)12-10-5-6-11(13(14)15)8(2)7-10/h4-7,9,12H,1H2,2-3H3. The van der Waals surface area contributed by atoms with Crippen LogP contribution < -0.4 is 5.32 Å². The molecule has 1 aromatic carbocycles. The van der Waals surface area contributed by atoms with Crippen LogP contribution in [0.1, 0.15) is 12.5 Å². The predicted octanol–water partition coefficient (Wildman–Crippen LogP) is 2.89. The first-order valence-electron chi connectivity index (χ1n) is 4.68. The number of hydrogen-bond acceptors (Lipinski definition) is 3. The van der Waals surface area contributed by atoms with Gasteiger partial charge in [0.2, 0.25) is 0 Å². The van der Waals surface area contributed by atoms with Gasteiger partial charge in [0, 0.05) is 23.4 Å². The molecule has 0 spiro atoms. The monoisotopic (exact) mass is 206 g/mol. The number of hydrogen-bond donors (Lipinski definition) is 1. The van der Waals surface area contributed by atoms with Gasteiger partial charge in [-0.1, -0.05) is 6.08 Å². The Morgan fingerprint density at radius 3 is 2.73 bits per heavy atom. The van der Waals surface area contributed by atoms with Crippen LogP contribution in [0.15, 0.2) is 30.9 Å². The SMILES string of the molecule is C=CC(C)Nc1ccc([N+](=O)[O-])c(C)c1. The molecule has 0 heterocycles. The molecule has 0 saturated heterocycles. The average Bonchev–Trinajstić information content (AvgIpc) is 2.17. The molecule has 1 N–H and O–H groups in total. The summed E-state index contributed by atoms with van der Waals surface area (Å²) in [6, 6.07) is 5.11. The summed E-state index contributed by atoms with van der Waals surface area (Å²) < 4.78 is 0. The lowest BCUT2D eigenvalue weighted by Crippen LogP contribution is -2.11. The molecule has 0 aromatic heterocycles. The van der Waals surface area contributed by atoms with Crippen molar-refractivity contribution in [1.29, 1.82) is 0 Å². The molecule has 0 aliphatic rings. The van der Waals surface area contributed by atoms with Crippen LogP contribution in [-0.2, 0) is 0 Å². The molecule has 0 radical (unpaired) electrons. The molecule has 1 unspecified atom stereocenters. The van der Waals surface area contributed by atoms with Gasteiger partial charge in [-0.25, -0.2) is 0 Å². The van der Waals surface area contributed by atoms with E-state index >= 15 is 0 Å². The van der Waals surface area contributed by atoms with Crippen molar-refractivity contribution >= 4 is 11.4 Å². The summed E-state index contributed by atoms with van der Waals surface area (Å²) in [7, 11) is 0. The lowest BCUT2D eigenvalue weighted by molar-refractivity contribution is -0.385. The normalized spacial score (nSPS) is 11.9. The van der Waals surface area contributed by atoms with Crippen LogP contribution >= 0.6 is 0 Å². The van der Waals surface area contributed by atoms with Crippen molar-refractivity contribution in [1.82, 2.24) is 0 Å². The zero-order chi connectivity index (χ0) is 11.4. The van der Waals surface area contributed by atoms with Crippen molar-refractivity contribution in [3.8, 4) is 0 Å². The number of nitro groups is 1. The summed E-state index contributed by atoms with van der Waals surface area (Å²) in [6.07, 6.45) is 1.77. The van der Waals surface area contributed by atoms with Gasteiger partial charge in [-0.3, -0.25) is 10.1 Å². The fraction of sp³-hybridized carbons (Fsp3) is 0.273. The lowest BCUT2D eigenvalue weighted by atomic mass is 10.1. The third kappa shape index (κ3) is 2.80. The minimum absolute atomic E-state index is 0.144. The van der Waals surface area contributed by atoms with Gasteiger partial charge in [0.15, 0.2) is 0 Å². The molecule has 1 rings (SSSR count). The van der Waals surface area contributed by atoms with Crippen LogP contribution in [0, 0.1) is 17.0 Å². The van der Waals surface area contributed by atoms with E-state index in [0.717, 1.165) is 5.69 Å². The van der Waals surface area contributed by atoms with E-state index in [4.69, 9.17) is 0 Å². The highest BCUT2D eigenvalue weighted by atomic mass is 16.6. The molecular weight excluding hydrogens is 192 g/mol. The van der Waals surface area contributed by atoms with Crippen LogP contribution in [0.2, 0.25) is 0 Å². The van der Waals surface area contributed by atoms with Crippen LogP contribution in [-0.4, -0.2) is 11.0 Å². The Morgan fingerprint density at radius 1 is 1.60 bits per heavy atom. The Hall–Kier alpha value is -1.84. The van der Waals surface area contributed by atoms with Gasteiger partial charge in [-0.2, -0.15) is 0 Å². The van der Waals surface area contributed by atoms with Crippen molar-refractivity contribution in [2.45, 2.75) is 19.9 Å². The van der Waals surface area contributed by atoms with Crippen LogP contribution in [0.3, 0.4) is 0 Å². The highest BCUT2D eigenvalue weighted by molar-refractivity contribution is 5.54. The van der Waals surface area contributed by atoms with Gasteiger partial charge in [-0.05, 0) is 26.0 Å². The third-order valence-electron chi connectivity index (χ3n) is 2.14. The maximum Gasteiger partial charge on any atom is 0.272 e. The average molecular weight is 206 g/mol. The molecule has 0 bridgehead atoms. The maximum atomic E-state index is 10.6. The molecule has 15 heavy (non-hydrogen) atoms. The van der Waals surface area contributed by atoms with Gasteiger partial charge in [0.25, 0.3) is 5.69 Å². The van der Waals surface area contributed by atoms with Crippen molar-refractivity contribution in [3.05, 3.63) is 46.5 Å². The number of nitro benzene ring substituents is 1. The third-order valence-corrected chi connectivity index (χ3v) is 2.14. The fourth-order valence-corrected chi connectivity index (χ4v) is 1.27. The summed E-state index contributed by atoms with van der Waals surface area (Å²) in [5.41, 5.74) is 1.67. The first-order chi connectivity index (χ1) is 7.04. The van der Waals surface area contributed by atoms with E-state index < -0.39 is 0 Å². The van der Waals surface area contributed by atoms with Crippen LogP contribution in [0.5, 0.6) is 0 Å². The molecule has 1 aromatic rings. The molecule has 0 aliphatic heterocycles. The minimum atomic E-state index is -0.379. The van der Waals surface area contributed by atoms with E-state index in [2.05, 4.69) is 11.9 Å². The molecule has 1 atom stereocenters. The van der Waals surface area contributed by atoms with Crippen molar-refractivity contribution in [3.63, 3.8) is 0 Å². The van der Waals surface area contributed by atoms with E-state index in [-0.39, 0.29) is 16.7 Å². The van der Waals surface area contributed by atoms with Gasteiger partial charge < -0.3 is 5.32 Å². The topological polar surface area (TPSA) is 55.2 Å². The van der Waals surface area contributed by atoms with Gasteiger partial charge in [0.1, 0.15) is 0 Å². The maximum absolute atomic E-state index is 10.6. The molecule has 80 valence electrons. The number of nitrogens with one attached hydrogen (secondary N) is 1. The molecule has 4 nitrogen and oxygen atoms in total. The number of nitrogens with zero attached hydrogens (tertiary/aromatic N) is 1. The van der Waals surface area contributed by atoms with E-state index in [9.17, 15) is 10.1 Å². The Bertz CT molecular complexity index is 388. The van der Waals surface area contributed by atoms with Crippen molar-refractivity contribution < 1.29 is 4.92 Å².